The molecular formula is C19H23F3N2O6S. The van der Waals surface area contributed by atoms with Crippen LogP contribution in [-0.4, -0.2) is 68.0 Å². The number of fused-ring (bicyclic) bond motifs is 3. The summed E-state index contributed by atoms with van der Waals surface area (Å²) in [6.07, 6.45) is -0.493. The van der Waals surface area contributed by atoms with Gasteiger partial charge in [0.25, 0.3) is 5.91 Å². The molecule has 0 saturated carbocycles. The van der Waals surface area contributed by atoms with Gasteiger partial charge in [-0.3, -0.25) is 4.79 Å². The van der Waals surface area contributed by atoms with E-state index in [0.717, 1.165) is 12.1 Å². The number of alkyl halides is 3. The van der Waals surface area contributed by atoms with Crippen molar-refractivity contribution in [3.05, 3.63) is 29.3 Å². The van der Waals surface area contributed by atoms with Gasteiger partial charge in [0.2, 0.25) is 0 Å². The van der Waals surface area contributed by atoms with Crippen LogP contribution in [0.5, 0.6) is 5.75 Å². The van der Waals surface area contributed by atoms with Crippen LogP contribution in [0.25, 0.3) is 0 Å². The number of benzene rings is 1. The summed E-state index contributed by atoms with van der Waals surface area (Å²) in [6.45, 7) is 6.16. The lowest BCUT2D eigenvalue weighted by atomic mass is 9.87. The van der Waals surface area contributed by atoms with Crippen molar-refractivity contribution in [2.24, 2.45) is 5.92 Å². The topological polar surface area (TPSA) is 93.2 Å². The van der Waals surface area contributed by atoms with Crippen LogP contribution in [0, 0.1) is 5.92 Å². The Kier molecular flexibility index (Phi) is 5.66. The van der Waals surface area contributed by atoms with Crippen molar-refractivity contribution < 1.29 is 40.1 Å². The highest BCUT2D eigenvalue weighted by Gasteiger charge is 2.49. The molecule has 31 heavy (non-hydrogen) atoms. The van der Waals surface area contributed by atoms with E-state index in [1.54, 1.807) is 20.8 Å². The van der Waals surface area contributed by atoms with Gasteiger partial charge in [-0.05, 0) is 38.5 Å². The predicted octanol–water partition coefficient (Wildman–Crippen LogP) is 2.95. The van der Waals surface area contributed by atoms with Gasteiger partial charge in [0.15, 0.2) is 0 Å². The van der Waals surface area contributed by atoms with Gasteiger partial charge in [-0.1, -0.05) is 6.07 Å². The van der Waals surface area contributed by atoms with Crippen molar-refractivity contribution in [3.8, 4) is 5.75 Å². The highest BCUT2D eigenvalue weighted by atomic mass is 32.2. The molecule has 2 amide bonds. The first-order valence-electron chi connectivity index (χ1n) is 9.47. The molecule has 0 radical (unpaired) electrons. The Hall–Kier alpha value is -2.50. The quantitative estimate of drug-likeness (QED) is 0.494. The number of rotatable bonds is 2. The van der Waals surface area contributed by atoms with Gasteiger partial charge in [-0.2, -0.15) is 21.6 Å². The van der Waals surface area contributed by atoms with Crippen LogP contribution in [-0.2, 0) is 14.9 Å². The molecule has 2 aliphatic heterocycles. The number of hydrogen-bond donors (Lipinski definition) is 0. The molecule has 1 saturated heterocycles. The van der Waals surface area contributed by atoms with Crippen LogP contribution >= 0.6 is 0 Å². The molecular weight excluding hydrogens is 441 g/mol. The van der Waals surface area contributed by atoms with Gasteiger partial charge in [-0.15, -0.1) is 0 Å². The summed E-state index contributed by atoms with van der Waals surface area (Å²) in [5.41, 5.74) is -5.72. The highest BCUT2D eigenvalue weighted by molar-refractivity contribution is 7.88. The smallest absolute Gasteiger partial charge is 0.444 e. The molecule has 1 aromatic carbocycles. The third kappa shape index (κ3) is 4.73. The highest BCUT2D eigenvalue weighted by Crippen LogP contribution is 2.40. The second kappa shape index (κ2) is 7.57. The second-order valence-corrected chi connectivity index (χ2v) is 10.2. The monoisotopic (exact) mass is 464 g/mol. The zero-order valence-electron chi connectivity index (χ0n) is 17.4. The number of likely N-dealkylation sites (tertiary alicyclic amines) is 1. The van der Waals surface area contributed by atoms with Gasteiger partial charge in [-0.25, -0.2) is 4.79 Å². The van der Waals surface area contributed by atoms with E-state index in [2.05, 4.69) is 4.18 Å². The Morgan fingerprint density at radius 1 is 1.13 bits per heavy atom. The number of carbonyl (C=O) groups excluding carboxylic acids is 2. The van der Waals surface area contributed by atoms with Crippen molar-refractivity contribution >= 4 is 22.1 Å². The average molecular weight is 464 g/mol. The number of halogens is 3. The molecule has 2 atom stereocenters. The first-order chi connectivity index (χ1) is 14.1. The van der Waals surface area contributed by atoms with Crippen molar-refractivity contribution in [1.82, 2.24) is 9.80 Å². The van der Waals surface area contributed by atoms with E-state index in [0.29, 0.717) is 18.7 Å². The van der Waals surface area contributed by atoms with E-state index in [9.17, 15) is 31.2 Å². The Bertz CT molecular complexity index is 1000. The van der Waals surface area contributed by atoms with Crippen LogP contribution in [0.1, 0.15) is 42.6 Å². The molecule has 12 heteroatoms. The lowest BCUT2D eigenvalue weighted by Crippen LogP contribution is -2.37. The summed E-state index contributed by atoms with van der Waals surface area (Å²) in [5, 5.41) is 0. The predicted molar refractivity (Wildman–Crippen MR) is 103 cm³/mol. The number of hydrogen-bond acceptors (Lipinski definition) is 6. The molecule has 0 unspecified atom stereocenters. The fourth-order valence-corrected chi connectivity index (χ4v) is 4.25. The summed E-state index contributed by atoms with van der Waals surface area (Å²) >= 11 is 0. The number of ether oxygens (including phenoxy) is 1. The van der Waals surface area contributed by atoms with Crippen molar-refractivity contribution in [1.29, 1.82) is 0 Å². The zero-order valence-corrected chi connectivity index (χ0v) is 18.2. The molecule has 2 heterocycles. The number of carbonyl (C=O) groups is 2. The van der Waals surface area contributed by atoms with Gasteiger partial charge >= 0.3 is 21.7 Å². The Morgan fingerprint density at radius 2 is 1.77 bits per heavy atom. The molecule has 1 fully saturated rings. The number of amides is 2. The Labute approximate surface area is 178 Å². The standard InChI is InChI=1S/C19H23F3N2O6S/c1-18(2,3)29-17(26)24-9-11-8-23(4)16(25)14-7-12(5-6-13(14)15(11)10-24)30-31(27,28)19(20,21)22/h5-7,11,15H,8-10H2,1-4H3/t11-,15-/m1/s1. The van der Waals surface area contributed by atoms with E-state index in [1.807, 2.05) is 0 Å². The molecule has 0 N–H and O–H groups in total. The zero-order chi connectivity index (χ0) is 23.4. The Morgan fingerprint density at radius 3 is 2.35 bits per heavy atom. The van der Waals surface area contributed by atoms with Gasteiger partial charge in [0.05, 0.1) is 0 Å². The molecule has 172 valence electrons. The molecule has 0 aliphatic carbocycles. The minimum absolute atomic E-state index is 0.0379. The largest absolute Gasteiger partial charge is 0.534 e. The van der Waals surface area contributed by atoms with Crippen molar-refractivity contribution in [2.45, 2.75) is 37.8 Å². The molecule has 8 nitrogen and oxygen atoms in total. The summed E-state index contributed by atoms with van der Waals surface area (Å²) in [7, 11) is -4.33. The molecule has 0 spiro atoms. The minimum Gasteiger partial charge on any atom is -0.444 e. The summed E-state index contributed by atoms with van der Waals surface area (Å²) in [6, 6.07) is 3.45. The molecule has 2 aliphatic rings. The van der Waals surface area contributed by atoms with Crippen LogP contribution < -0.4 is 4.18 Å². The van der Waals surface area contributed by atoms with E-state index in [4.69, 9.17) is 4.74 Å². The average Bonchev–Trinajstić information content (AvgIpc) is 2.98. The maximum absolute atomic E-state index is 12.8. The van der Waals surface area contributed by atoms with Crippen molar-refractivity contribution in [2.75, 3.05) is 26.7 Å². The normalized spacial score (nSPS) is 22.0. The number of nitrogens with zero attached hydrogens (tertiary/aromatic N) is 2. The van der Waals surface area contributed by atoms with Crippen molar-refractivity contribution in [3.63, 3.8) is 0 Å². The van der Waals surface area contributed by atoms with Gasteiger partial charge in [0, 0.05) is 44.1 Å². The van der Waals surface area contributed by atoms with Crippen LogP contribution in [0.4, 0.5) is 18.0 Å². The lowest BCUT2D eigenvalue weighted by molar-refractivity contribution is -0.0500. The van der Waals surface area contributed by atoms with Crippen LogP contribution in [0.3, 0.4) is 0 Å². The first-order valence-corrected chi connectivity index (χ1v) is 10.9. The fraction of sp³-hybridized carbons (Fsp3) is 0.579. The van der Waals surface area contributed by atoms with Gasteiger partial charge < -0.3 is 18.7 Å². The Balaban J connectivity index is 1.93. The van der Waals surface area contributed by atoms with E-state index in [-0.39, 0.29) is 23.9 Å². The fourth-order valence-electron chi connectivity index (χ4n) is 3.79. The SMILES string of the molecule is CN1C[C@@H]2CN(C(=O)OC(C)(C)C)C[C@H]2c2ccc(OS(=O)(=O)C(F)(F)F)cc2C1=O. The van der Waals surface area contributed by atoms with E-state index < -0.39 is 39.0 Å². The van der Waals surface area contributed by atoms with Crippen LogP contribution in [0.2, 0.25) is 0 Å². The molecule has 3 rings (SSSR count). The second-order valence-electron chi connectivity index (χ2n) is 8.67. The maximum atomic E-state index is 12.8. The van der Waals surface area contributed by atoms with Gasteiger partial charge in [0.1, 0.15) is 11.4 Å². The first kappa shape index (κ1) is 23.2. The van der Waals surface area contributed by atoms with E-state index >= 15 is 0 Å². The summed E-state index contributed by atoms with van der Waals surface area (Å²) < 4.78 is 70.1. The van der Waals surface area contributed by atoms with Crippen LogP contribution in [0.15, 0.2) is 18.2 Å². The lowest BCUT2D eigenvalue weighted by Gasteiger charge is -2.25. The molecule has 0 bridgehead atoms. The molecule has 1 aromatic rings. The third-order valence-electron chi connectivity index (χ3n) is 5.09. The summed E-state index contributed by atoms with van der Waals surface area (Å²) in [5.74, 6) is -1.47. The van der Waals surface area contributed by atoms with E-state index in [1.165, 1.54) is 22.9 Å². The molecule has 0 aromatic heterocycles. The minimum atomic E-state index is -5.87. The third-order valence-corrected chi connectivity index (χ3v) is 6.07. The maximum Gasteiger partial charge on any atom is 0.534 e. The summed E-state index contributed by atoms with van der Waals surface area (Å²) in [4.78, 5) is 28.2.